The zero-order chi connectivity index (χ0) is 12.7. The molecule has 1 unspecified atom stereocenters. The Morgan fingerprint density at radius 2 is 1.83 bits per heavy atom. The predicted molar refractivity (Wildman–Crippen MR) is 77.2 cm³/mol. The summed E-state index contributed by atoms with van der Waals surface area (Å²) in [5, 5.41) is 2.85. The summed E-state index contributed by atoms with van der Waals surface area (Å²) in [5.74, 6) is 0. The third kappa shape index (κ3) is 1.93. The Labute approximate surface area is 111 Å². The predicted octanol–water partition coefficient (Wildman–Crippen LogP) is 3.33. The summed E-state index contributed by atoms with van der Waals surface area (Å²) >= 11 is 1.45. The van der Waals surface area contributed by atoms with E-state index < -0.39 is 0 Å². The topological polar surface area (TPSA) is 20.3 Å². The highest BCUT2D eigenvalue weighted by Gasteiger charge is 2.30. The van der Waals surface area contributed by atoms with Crippen LogP contribution in [-0.4, -0.2) is 30.7 Å². The maximum absolute atomic E-state index is 12.0. The average Bonchev–Trinajstić information content (AvgIpc) is 2.63. The average molecular weight is 257 g/mol. The minimum atomic E-state index is 0.211. The van der Waals surface area contributed by atoms with Crippen LogP contribution < -0.4 is 0 Å². The van der Waals surface area contributed by atoms with Crippen LogP contribution in [-0.2, 0) is 0 Å². The van der Waals surface area contributed by atoms with Crippen molar-refractivity contribution in [2.24, 2.45) is 0 Å². The van der Waals surface area contributed by atoms with Gasteiger partial charge >= 0.3 is 0 Å². The number of likely N-dealkylation sites (N-methyl/N-ethyl adjacent to an activating group) is 1. The molecule has 0 spiro atoms. The molecule has 2 aromatic carbocycles. The van der Waals surface area contributed by atoms with Gasteiger partial charge in [0.15, 0.2) is 0 Å². The molecule has 0 amide bonds. The maximum Gasteiger partial charge on any atom is 0.220 e. The molecule has 0 aromatic heterocycles. The molecule has 2 aromatic rings. The Morgan fingerprint density at radius 1 is 1.17 bits per heavy atom. The monoisotopic (exact) mass is 257 g/mol. The Kier molecular flexibility index (Phi) is 2.88. The van der Waals surface area contributed by atoms with Crippen molar-refractivity contribution in [1.82, 2.24) is 4.90 Å². The number of thioether (sulfide) groups is 1. The van der Waals surface area contributed by atoms with Gasteiger partial charge in [0, 0.05) is 12.1 Å². The van der Waals surface area contributed by atoms with Gasteiger partial charge in [0.1, 0.15) is 0 Å². The van der Waals surface area contributed by atoms with Crippen molar-refractivity contribution >= 4 is 27.6 Å². The molecular formula is C15H15NOS. The number of benzene rings is 2. The fourth-order valence-corrected chi connectivity index (χ4v) is 3.68. The molecule has 0 saturated heterocycles. The first-order chi connectivity index (χ1) is 8.65. The number of rotatable bonds is 2. The van der Waals surface area contributed by atoms with Gasteiger partial charge in [-0.3, -0.25) is 4.79 Å². The van der Waals surface area contributed by atoms with E-state index in [0.717, 1.165) is 17.5 Å². The van der Waals surface area contributed by atoms with Gasteiger partial charge < -0.3 is 4.90 Å². The van der Waals surface area contributed by atoms with Crippen molar-refractivity contribution < 1.29 is 4.79 Å². The van der Waals surface area contributed by atoms with Crippen LogP contribution in [0, 0.1) is 0 Å². The van der Waals surface area contributed by atoms with Gasteiger partial charge in [-0.05, 0) is 42.6 Å². The van der Waals surface area contributed by atoms with Crippen molar-refractivity contribution in [2.45, 2.75) is 5.25 Å². The second-order valence-electron chi connectivity index (χ2n) is 4.94. The third-order valence-electron chi connectivity index (χ3n) is 3.26. The molecule has 0 radical (unpaired) electrons. The number of carbonyl (C=O) groups is 1. The first-order valence-electron chi connectivity index (χ1n) is 6.03. The molecular weight excluding hydrogens is 242 g/mol. The van der Waals surface area contributed by atoms with Crippen LogP contribution >= 0.6 is 11.8 Å². The lowest BCUT2D eigenvalue weighted by Crippen LogP contribution is -2.17. The minimum Gasteiger partial charge on any atom is -0.308 e. The summed E-state index contributed by atoms with van der Waals surface area (Å²) in [6, 6.07) is 12.4. The highest BCUT2D eigenvalue weighted by atomic mass is 32.2. The van der Waals surface area contributed by atoms with Crippen molar-refractivity contribution in [3.05, 3.63) is 47.5 Å². The molecule has 18 heavy (non-hydrogen) atoms. The number of hydrogen-bond donors (Lipinski definition) is 0. The summed E-state index contributed by atoms with van der Waals surface area (Å²) in [7, 11) is 4.09. The van der Waals surface area contributed by atoms with E-state index in [9.17, 15) is 4.79 Å². The van der Waals surface area contributed by atoms with Crippen LogP contribution in [0.5, 0.6) is 0 Å². The first kappa shape index (κ1) is 11.8. The van der Waals surface area contributed by atoms with E-state index in [2.05, 4.69) is 23.1 Å². The SMILES string of the molecule is CN(C)CC1SC(=O)c2cc3ccccc3cc21. The molecule has 0 fully saturated rings. The van der Waals surface area contributed by atoms with E-state index in [1.54, 1.807) is 0 Å². The molecule has 3 rings (SSSR count). The number of hydrogen-bond acceptors (Lipinski definition) is 3. The van der Waals surface area contributed by atoms with E-state index in [1.807, 2.05) is 32.3 Å². The Hall–Kier alpha value is -1.32. The van der Waals surface area contributed by atoms with Crippen LogP contribution in [0.2, 0.25) is 0 Å². The number of fused-ring (bicyclic) bond motifs is 2. The molecule has 0 N–H and O–H groups in total. The summed E-state index contributed by atoms with van der Waals surface area (Å²) in [6.45, 7) is 0.905. The molecule has 92 valence electrons. The first-order valence-corrected chi connectivity index (χ1v) is 6.91. The van der Waals surface area contributed by atoms with Crippen molar-refractivity contribution in [2.75, 3.05) is 20.6 Å². The molecule has 0 saturated carbocycles. The Balaban J connectivity index is 2.13. The van der Waals surface area contributed by atoms with Gasteiger partial charge in [-0.15, -0.1) is 0 Å². The molecule has 2 nitrogen and oxygen atoms in total. The van der Waals surface area contributed by atoms with Gasteiger partial charge in [-0.1, -0.05) is 36.0 Å². The van der Waals surface area contributed by atoms with Crippen molar-refractivity contribution in [3.63, 3.8) is 0 Å². The highest BCUT2D eigenvalue weighted by molar-refractivity contribution is 8.14. The molecule has 1 aliphatic rings. The smallest absolute Gasteiger partial charge is 0.220 e. The van der Waals surface area contributed by atoms with Crippen LogP contribution in [0.3, 0.4) is 0 Å². The summed E-state index contributed by atoms with van der Waals surface area (Å²) in [5.41, 5.74) is 2.09. The standard InChI is InChI=1S/C15H15NOS/c1-16(2)9-14-12-7-10-5-3-4-6-11(10)8-13(12)15(17)18-14/h3-8,14H,9H2,1-2H3. The Bertz CT molecular complexity index is 621. The largest absolute Gasteiger partial charge is 0.308 e. The number of nitrogens with zero attached hydrogens (tertiary/aromatic N) is 1. The molecule has 1 aliphatic heterocycles. The second kappa shape index (κ2) is 4.41. The highest BCUT2D eigenvalue weighted by Crippen LogP contribution is 2.43. The van der Waals surface area contributed by atoms with E-state index in [-0.39, 0.29) is 10.4 Å². The lowest BCUT2D eigenvalue weighted by molar-refractivity contribution is 0.109. The fraction of sp³-hybridized carbons (Fsp3) is 0.267. The maximum atomic E-state index is 12.0. The quantitative estimate of drug-likeness (QED) is 0.823. The van der Waals surface area contributed by atoms with Crippen molar-refractivity contribution in [3.8, 4) is 0 Å². The van der Waals surface area contributed by atoms with Crippen LogP contribution in [0.1, 0.15) is 21.2 Å². The van der Waals surface area contributed by atoms with Gasteiger partial charge in [-0.25, -0.2) is 0 Å². The molecule has 1 heterocycles. The van der Waals surface area contributed by atoms with Gasteiger partial charge in [0.05, 0.1) is 5.25 Å². The van der Waals surface area contributed by atoms with Gasteiger partial charge in [0.25, 0.3) is 0 Å². The number of carbonyl (C=O) groups excluding carboxylic acids is 1. The van der Waals surface area contributed by atoms with E-state index >= 15 is 0 Å². The van der Waals surface area contributed by atoms with E-state index in [4.69, 9.17) is 0 Å². The zero-order valence-electron chi connectivity index (χ0n) is 10.5. The lowest BCUT2D eigenvalue weighted by atomic mass is 9.99. The summed E-state index contributed by atoms with van der Waals surface area (Å²) < 4.78 is 0. The zero-order valence-corrected chi connectivity index (χ0v) is 11.3. The van der Waals surface area contributed by atoms with Crippen molar-refractivity contribution in [1.29, 1.82) is 0 Å². The minimum absolute atomic E-state index is 0.211. The van der Waals surface area contributed by atoms with Gasteiger partial charge in [0.2, 0.25) is 5.12 Å². The molecule has 1 atom stereocenters. The van der Waals surface area contributed by atoms with Gasteiger partial charge in [-0.2, -0.15) is 0 Å². The summed E-state index contributed by atoms with van der Waals surface area (Å²) in [4.78, 5) is 14.2. The molecule has 3 heteroatoms. The lowest BCUT2D eigenvalue weighted by Gasteiger charge is -2.15. The summed E-state index contributed by atoms with van der Waals surface area (Å²) in [6.07, 6.45) is 0. The normalized spacial score (nSPS) is 18.6. The molecule has 0 aliphatic carbocycles. The third-order valence-corrected chi connectivity index (χ3v) is 4.39. The van der Waals surface area contributed by atoms with Crippen LogP contribution in [0.4, 0.5) is 0 Å². The van der Waals surface area contributed by atoms with E-state index in [0.29, 0.717) is 0 Å². The van der Waals surface area contributed by atoms with E-state index in [1.165, 1.54) is 22.7 Å². The van der Waals surface area contributed by atoms with Crippen LogP contribution in [0.25, 0.3) is 10.8 Å². The molecule has 0 bridgehead atoms. The second-order valence-corrected chi connectivity index (χ2v) is 6.12. The Morgan fingerprint density at radius 3 is 2.50 bits per heavy atom. The van der Waals surface area contributed by atoms with Crippen LogP contribution in [0.15, 0.2) is 36.4 Å². The fourth-order valence-electron chi connectivity index (χ4n) is 2.42.